The molecule has 2 rings (SSSR count). The third kappa shape index (κ3) is 2.80. The summed E-state index contributed by atoms with van der Waals surface area (Å²) in [5.74, 6) is -1.98. The first-order valence-electron chi connectivity index (χ1n) is 6.91. The highest BCUT2D eigenvalue weighted by Crippen LogP contribution is 2.31. The van der Waals surface area contributed by atoms with Crippen molar-refractivity contribution >= 4 is 23.4 Å². The number of fused-ring (bicyclic) bond motifs is 1. The Morgan fingerprint density at radius 3 is 2.62 bits per heavy atom. The van der Waals surface area contributed by atoms with Crippen molar-refractivity contribution in [2.24, 2.45) is 5.73 Å². The van der Waals surface area contributed by atoms with Gasteiger partial charge in [-0.25, -0.2) is 0 Å². The molecule has 1 unspecified atom stereocenters. The molecule has 0 saturated carbocycles. The molecule has 1 aromatic rings. The largest absolute Gasteiger partial charge is 0.329 e. The minimum absolute atomic E-state index is 0.0454. The molecular weight excluding hydrogens is 270 g/mol. The van der Waals surface area contributed by atoms with E-state index in [0.29, 0.717) is 6.42 Å². The molecule has 0 bridgehead atoms. The van der Waals surface area contributed by atoms with E-state index in [2.05, 4.69) is 0 Å². The van der Waals surface area contributed by atoms with Crippen LogP contribution in [0, 0.1) is 0 Å². The van der Waals surface area contributed by atoms with Crippen LogP contribution in [0.25, 0.3) is 0 Å². The average molecular weight is 289 g/mol. The van der Waals surface area contributed by atoms with E-state index >= 15 is 0 Å². The first kappa shape index (κ1) is 15.2. The molecule has 0 radical (unpaired) electrons. The first-order chi connectivity index (χ1) is 9.97. The van der Waals surface area contributed by atoms with Crippen LogP contribution in [0.15, 0.2) is 24.3 Å². The summed E-state index contributed by atoms with van der Waals surface area (Å²) >= 11 is 0. The summed E-state index contributed by atoms with van der Waals surface area (Å²) < 4.78 is 0. The van der Waals surface area contributed by atoms with Crippen molar-refractivity contribution in [2.75, 3.05) is 18.0 Å². The molecule has 112 valence electrons. The molecular formula is C15H19N3O3. The van der Waals surface area contributed by atoms with Crippen LogP contribution < -0.4 is 10.6 Å². The summed E-state index contributed by atoms with van der Waals surface area (Å²) in [7, 11) is 0. The van der Waals surface area contributed by atoms with Crippen LogP contribution in [0.4, 0.5) is 5.69 Å². The number of carbonyl (C=O) groups excluding carboxylic acids is 3. The van der Waals surface area contributed by atoms with E-state index in [-0.39, 0.29) is 19.1 Å². The van der Waals surface area contributed by atoms with Crippen molar-refractivity contribution in [3.63, 3.8) is 0 Å². The third-order valence-corrected chi connectivity index (χ3v) is 3.59. The van der Waals surface area contributed by atoms with Gasteiger partial charge in [-0.2, -0.15) is 0 Å². The summed E-state index contributed by atoms with van der Waals surface area (Å²) in [5.41, 5.74) is 7.15. The third-order valence-electron chi connectivity index (χ3n) is 3.59. The Labute approximate surface area is 123 Å². The van der Waals surface area contributed by atoms with Crippen LogP contribution in [0.1, 0.15) is 19.4 Å². The molecule has 3 amide bonds. The van der Waals surface area contributed by atoms with Crippen LogP contribution >= 0.6 is 0 Å². The molecule has 6 heteroatoms. The summed E-state index contributed by atoms with van der Waals surface area (Å²) in [6.45, 7) is 3.31. The highest BCUT2D eigenvalue weighted by Gasteiger charge is 2.36. The summed E-state index contributed by atoms with van der Waals surface area (Å²) in [5, 5.41) is 0. The molecule has 0 spiro atoms. The van der Waals surface area contributed by atoms with Gasteiger partial charge < -0.3 is 10.6 Å². The Bertz CT molecular complexity index is 585. The molecule has 0 aromatic heterocycles. The monoisotopic (exact) mass is 289 g/mol. The predicted molar refractivity (Wildman–Crippen MR) is 78.5 cm³/mol. The molecule has 0 aliphatic carbocycles. The van der Waals surface area contributed by atoms with Gasteiger partial charge in [0.15, 0.2) is 0 Å². The number of nitrogens with two attached hydrogens (primary N) is 1. The molecule has 1 aromatic carbocycles. The molecule has 21 heavy (non-hydrogen) atoms. The fourth-order valence-corrected chi connectivity index (χ4v) is 2.62. The maximum atomic E-state index is 12.5. The second-order valence-corrected chi connectivity index (χ2v) is 5.12. The number of imide groups is 1. The van der Waals surface area contributed by atoms with Gasteiger partial charge in [-0.05, 0) is 25.0 Å². The van der Waals surface area contributed by atoms with Gasteiger partial charge in [-0.1, -0.05) is 18.2 Å². The topological polar surface area (TPSA) is 83.7 Å². The van der Waals surface area contributed by atoms with Gasteiger partial charge in [0.2, 0.25) is 5.91 Å². The van der Waals surface area contributed by atoms with E-state index in [4.69, 9.17) is 5.73 Å². The predicted octanol–water partition coefficient (Wildman–Crippen LogP) is 0.298. The molecule has 0 saturated heterocycles. The number of nitrogens with zero attached hydrogens (tertiary/aromatic N) is 2. The van der Waals surface area contributed by atoms with Gasteiger partial charge in [0.05, 0.1) is 0 Å². The fourth-order valence-electron chi connectivity index (χ4n) is 2.62. The smallest absolute Gasteiger partial charge is 0.319 e. The molecule has 0 fully saturated rings. The standard InChI is InChI=1S/C15H19N3O3/c1-10-9-12-5-3-4-6-13(12)18(10)15(21)14(20)17(8-7-16)11(2)19/h3-6,10H,7-9,16H2,1-2H3. The molecule has 1 aliphatic rings. The number of hydrogen-bond donors (Lipinski definition) is 1. The van der Waals surface area contributed by atoms with E-state index in [9.17, 15) is 14.4 Å². The average Bonchev–Trinajstić information content (AvgIpc) is 2.78. The van der Waals surface area contributed by atoms with Crippen LogP contribution in [-0.4, -0.2) is 41.8 Å². The van der Waals surface area contributed by atoms with Gasteiger partial charge in [0.25, 0.3) is 0 Å². The lowest BCUT2D eigenvalue weighted by Gasteiger charge is -2.25. The summed E-state index contributed by atoms with van der Waals surface area (Å²) in [4.78, 5) is 38.6. The number of hydrogen-bond acceptors (Lipinski definition) is 4. The highest BCUT2D eigenvalue weighted by atomic mass is 16.2. The quantitative estimate of drug-likeness (QED) is 0.794. The van der Waals surface area contributed by atoms with Gasteiger partial charge in [-0.3, -0.25) is 19.3 Å². The molecule has 6 nitrogen and oxygen atoms in total. The molecule has 1 atom stereocenters. The lowest BCUT2D eigenvalue weighted by Crippen LogP contribution is -2.50. The van der Waals surface area contributed by atoms with E-state index in [1.807, 2.05) is 31.2 Å². The Morgan fingerprint density at radius 2 is 2.00 bits per heavy atom. The Kier molecular flexibility index (Phi) is 4.37. The van der Waals surface area contributed by atoms with Crippen LogP contribution in [0.3, 0.4) is 0 Å². The molecule has 2 N–H and O–H groups in total. The second-order valence-electron chi connectivity index (χ2n) is 5.12. The van der Waals surface area contributed by atoms with Gasteiger partial charge in [0, 0.05) is 31.7 Å². The number of para-hydroxylation sites is 1. The second kappa shape index (κ2) is 6.05. The van der Waals surface area contributed by atoms with Gasteiger partial charge >= 0.3 is 11.8 Å². The van der Waals surface area contributed by atoms with Crippen molar-refractivity contribution in [1.29, 1.82) is 0 Å². The number of carbonyl (C=O) groups is 3. The van der Waals surface area contributed by atoms with E-state index in [1.165, 1.54) is 11.8 Å². The van der Waals surface area contributed by atoms with Crippen molar-refractivity contribution < 1.29 is 14.4 Å². The number of amides is 3. The van der Waals surface area contributed by atoms with Crippen LogP contribution in [-0.2, 0) is 20.8 Å². The van der Waals surface area contributed by atoms with E-state index < -0.39 is 17.7 Å². The minimum atomic E-state index is -0.823. The van der Waals surface area contributed by atoms with Crippen LogP contribution in [0.5, 0.6) is 0 Å². The number of benzene rings is 1. The Hall–Kier alpha value is -2.21. The summed E-state index contributed by atoms with van der Waals surface area (Å²) in [6.07, 6.45) is 0.701. The summed E-state index contributed by atoms with van der Waals surface area (Å²) in [6, 6.07) is 7.37. The lowest BCUT2D eigenvalue weighted by atomic mass is 10.1. The highest BCUT2D eigenvalue weighted by molar-refractivity contribution is 6.42. The fraction of sp³-hybridized carbons (Fsp3) is 0.400. The van der Waals surface area contributed by atoms with Gasteiger partial charge in [0.1, 0.15) is 0 Å². The Morgan fingerprint density at radius 1 is 1.33 bits per heavy atom. The SMILES string of the molecule is CC(=O)N(CCN)C(=O)C(=O)N1c2ccccc2CC1C. The van der Waals surface area contributed by atoms with Crippen molar-refractivity contribution in [2.45, 2.75) is 26.3 Å². The van der Waals surface area contributed by atoms with Crippen molar-refractivity contribution in [3.05, 3.63) is 29.8 Å². The zero-order valence-electron chi connectivity index (χ0n) is 12.2. The van der Waals surface area contributed by atoms with Crippen molar-refractivity contribution in [3.8, 4) is 0 Å². The molecule has 1 heterocycles. The van der Waals surface area contributed by atoms with Crippen LogP contribution in [0.2, 0.25) is 0 Å². The maximum Gasteiger partial charge on any atom is 0.319 e. The first-order valence-corrected chi connectivity index (χ1v) is 6.91. The number of anilines is 1. The van der Waals surface area contributed by atoms with Gasteiger partial charge in [-0.15, -0.1) is 0 Å². The number of rotatable bonds is 2. The van der Waals surface area contributed by atoms with E-state index in [1.54, 1.807) is 0 Å². The molecule has 1 aliphatic heterocycles. The maximum absolute atomic E-state index is 12.5. The zero-order valence-corrected chi connectivity index (χ0v) is 12.2. The van der Waals surface area contributed by atoms with E-state index in [0.717, 1.165) is 16.2 Å². The Balaban J connectivity index is 2.27. The minimum Gasteiger partial charge on any atom is -0.329 e. The zero-order chi connectivity index (χ0) is 15.6. The lowest BCUT2D eigenvalue weighted by molar-refractivity contribution is -0.150. The normalized spacial score (nSPS) is 16.5. The van der Waals surface area contributed by atoms with Crippen molar-refractivity contribution in [1.82, 2.24) is 4.90 Å².